The summed E-state index contributed by atoms with van der Waals surface area (Å²) in [6.45, 7) is 5.32. The van der Waals surface area contributed by atoms with E-state index in [1.807, 2.05) is 6.07 Å². The zero-order chi connectivity index (χ0) is 14.2. The number of hydrogen-bond acceptors (Lipinski definition) is 2. The molecule has 0 atom stereocenters. The van der Waals surface area contributed by atoms with E-state index >= 15 is 0 Å². The van der Waals surface area contributed by atoms with Crippen molar-refractivity contribution in [2.75, 3.05) is 0 Å². The van der Waals surface area contributed by atoms with Crippen molar-refractivity contribution in [3.8, 4) is 0 Å². The van der Waals surface area contributed by atoms with E-state index in [2.05, 4.69) is 15.9 Å². The van der Waals surface area contributed by atoms with Gasteiger partial charge in [0.25, 0.3) is 0 Å². The molecule has 2 aromatic rings. The van der Waals surface area contributed by atoms with Gasteiger partial charge in [-0.25, -0.2) is 13.8 Å². The zero-order valence-electron chi connectivity index (χ0n) is 11.0. The Labute approximate surface area is 119 Å². The van der Waals surface area contributed by atoms with Gasteiger partial charge in [-0.15, -0.1) is 0 Å². The van der Waals surface area contributed by atoms with E-state index in [0.29, 0.717) is 16.2 Å². The SMILES string of the molecule is CC(C)(C)OC(=O)n1cc(F)c2c(CBr)cccc21. The number of ether oxygens (including phenoxy) is 1. The summed E-state index contributed by atoms with van der Waals surface area (Å²) >= 11 is 3.32. The maximum atomic E-state index is 14.0. The maximum absolute atomic E-state index is 14.0. The number of hydrogen-bond donors (Lipinski definition) is 0. The van der Waals surface area contributed by atoms with Crippen molar-refractivity contribution in [3.63, 3.8) is 0 Å². The molecule has 0 amide bonds. The predicted octanol–water partition coefficient (Wildman–Crippen LogP) is 4.46. The van der Waals surface area contributed by atoms with Crippen LogP contribution in [0.15, 0.2) is 24.4 Å². The summed E-state index contributed by atoms with van der Waals surface area (Å²) in [7, 11) is 0. The number of aromatic nitrogens is 1. The van der Waals surface area contributed by atoms with Crippen LogP contribution in [-0.2, 0) is 10.1 Å². The van der Waals surface area contributed by atoms with Gasteiger partial charge in [-0.05, 0) is 32.4 Å². The Morgan fingerprint density at radius 1 is 1.42 bits per heavy atom. The van der Waals surface area contributed by atoms with Crippen LogP contribution in [0.25, 0.3) is 10.9 Å². The average molecular weight is 328 g/mol. The first kappa shape index (κ1) is 14.1. The third kappa shape index (κ3) is 2.81. The summed E-state index contributed by atoms with van der Waals surface area (Å²) in [5, 5.41) is 0.977. The second-order valence-electron chi connectivity index (χ2n) is 5.27. The van der Waals surface area contributed by atoms with Gasteiger partial charge in [0.05, 0.1) is 11.7 Å². The minimum Gasteiger partial charge on any atom is -0.443 e. The standard InChI is InChI=1S/C14H15BrFNO2/c1-14(2,3)19-13(18)17-8-10(16)12-9(7-15)5-4-6-11(12)17/h4-6,8H,7H2,1-3H3. The summed E-state index contributed by atoms with van der Waals surface area (Å²) in [4.78, 5) is 12.0. The molecule has 2 rings (SSSR count). The molecule has 0 saturated heterocycles. The summed E-state index contributed by atoms with van der Waals surface area (Å²) < 4.78 is 20.5. The van der Waals surface area contributed by atoms with Crippen LogP contribution in [0, 0.1) is 5.82 Å². The van der Waals surface area contributed by atoms with E-state index in [4.69, 9.17) is 4.74 Å². The van der Waals surface area contributed by atoms with E-state index in [1.165, 1.54) is 10.8 Å². The zero-order valence-corrected chi connectivity index (χ0v) is 12.6. The van der Waals surface area contributed by atoms with Crippen molar-refractivity contribution in [3.05, 3.63) is 35.8 Å². The van der Waals surface area contributed by atoms with Gasteiger partial charge < -0.3 is 4.74 Å². The fraction of sp³-hybridized carbons (Fsp3) is 0.357. The van der Waals surface area contributed by atoms with E-state index in [-0.39, 0.29) is 0 Å². The molecule has 3 nitrogen and oxygen atoms in total. The van der Waals surface area contributed by atoms with E-state index in [1.54, 1.807) is 32.9 Å². The lowest BCUT2D eigenvalue weighted by molar-refractivity contribution is 0.0543. The van der Waals surface area contributed by atoms with Crippen LogP contribution in [0.4, 0.5) is 9.18 Å². The molecule has 0 spiro atoms. The Morgan fingerprint density at radius 3 is 2.68 bits per heavy atom. The average Bonchev–Trinajstić information content (AvgIpc) is 2.65. The minimum absolute atomic E-state index is 0.420. The third-order valence-electron chi connectivity index (χ3n) is 2.60. The first-order chi connectivity index (χ1) is 8.83. The summed E-state index contributed by atoms with van der Waals surface area (Å²) in [6.07, 6.45) is 0.596. The number of rotatable bonds is 1. The van der Waals surface area contributed by atoms with Gasteiger partial charge in [0.15, 0.2) is 0 Å². The van der Waals surface area contributed by atoms with E-state index in [9.17, 15) is 9.18 Å². The fourth-order valence-electron chi connectivity index (χ4n) is 1.88. The van der Waals surface area contributed by atoms with Crippen LogP contribution < -0.4 is 0 Å². The molecule has 1 aromatic carbocycles. The first-order valence-corrected chi connectivity index (χ1v) is 7.03. The molecule has 1 aromatic heterocycles. The van der Waals surface area contributed by atoms with Gasteiger partial charge in [-0.2, -0.15) is 0 Å². The number of benzene rings is 1. The van der Waals surface area contributed by atoms with Gasteiger partial charge >= 0.3 is 6.09 Å². The summed E-state index contributed by atoms with van der Waals surface area (Å²) in [5.41, 5.74) is 0.706. The van der Waals surface area contributed by atoms with Gasteiger partial charge in [0, 0.05) is 10.7 Å². The number of fused-ring (bicyclic) bond motifs is 1. The lowest BCUT2D eigenvalue weighted by Crippen LogP contribution is -2.26. The molecule has 0 fully saturated rings. The third-order valence-corrected chi connectivity index (χ3v) is 3.21. The fourth-order valence-corrected chi connectivity index (χ4v) is 2.35. The largest absolute Gasteiger partial charge is 0.443 e. The van der Waals surface area contributed by atoms with Crippen molar-refractivity contribution in [2.45, 2.75) is 31.7 Å². The topological polar surface area (TPSA) is 31.2 Å². The van der Waals surface area contributed by atoms with Crippen molar-refractivity contribution in [2.24, 2.45) is 0 Å². The van der Waals surface area contributed by atoms with Crippen molar-refractivity contribution >= 4 is 32.9 Å². The Morgan fingerprint density at radius 2 is 2.11 bits per heavy atom. The van der Waals surface area contributed by atoms with Gasteiger partial charge in [-0.3, -0.25) is 0 Å². The highest BCUT2D eigenvalue weighted by Crippen LogP contribution is 2.26. The molecular weight excluding hydrogens is 313 g/mol. The Balaban J connectivity index is 2.54. The second kappa shape index (κ2) is 4.96. The molecule has 19 heavy (non-hydrogen) atoms. The molecule has 5 heteroatoms. The normalized spacial score (nSPS) is 11.8. The predicted molar refractivity (Wildman–Crippen MR) is 76.2 cm³/mol. The highest BCUT2D eigenvalue weighted by Gasteiger charge is 2.21. The Hall–Kier alpha value is -1.36. The minimum atomic E-state index is -0.614. The number of halogens is 2. The van der Waals surface area contributed by atoms with E-state index in [0.717, 1.165) is 5.56 Å². The Kier molecular flexibility index (Phi) is 3.67. The van der Waals surface area contributed by atoms with Crippen LogP contribution in [0.2, 0.25) is 0 Å². The first-order valence-electron chi connectivity index (χ1n) is 5.91. The number of alkyl halides is 1. The molecule has 0 bridgehead atoms. The molecule has 1 heterocycles. The lowest BCUT2D eigenvalue weighted by Gasteiger charge is -2.19. The maximum Gasteiger partial charge on any atom is 0.419 e. The summed E-state index contributed by atoms with van der Waals surface area (Å²) in [6, 6.07) is 5.31. The Bertz CT molecular complexity index is 628. The molecule has 0 aliphatic carbocycles. The van der Waals surface area contributed by atoms with Crippen molar-refractivity contribution < 1.29 is 13.9 Å². The molecule has 0 aliphatic heterocycles. The quantitative estimate of drug-likeness (QED) is 0.724. The monoisotopic (exact) mass is 327 g/mol. The summed E-state index contributed by atoms with van der Waals surface area (Å²) in [5.74, 6) is -0.420. The van der Waals surface area contributed by atoms with Gasteiger partial charge in [-0.1, -0.05) is 28.1 Å². The molecule has 0 saturated carbocycles. The van der Waals surface area contributed by atoms with Crippen LogP contribution in [0.3, 0.4) is 0 Å². The van der Waals surface area contributed by atoms with Crippen LogP contribution in [0.5, 0.6) is 0 Å². The van der Waals surface area contributed by atoms with E-state index < -0.39 is 17.5 Å². The molecule has 0 unspecified atom stereocenters. The van der Waals surface area contributed by atoms with Crippen LogP contribution in [-0.4, -0.2) is 16.3 Å². The number of carbonyl (C=O) groups excluding carboxylic acids is 1. The molecular formula is C14H15BrFNO2. The smallest absolute Gasteiger partial charge is 0.419 e. The molecule has 0 N–H and O–H groups in total. The highest BCUT2D eigenvalue weighted by atomic mass is 79.9. The van der Waals surface area contributed by atoms with Crippen molar-refractivity contribution in [1.82, 2.24) is 4.57 Å². The van der Waals surface area contributed by atoms with Crippen molar-refractivity contribution in [1.29, 1.82) is 0 Å². The van der Waals surface area contributed by atoms with Gasteiger partial charge in [0.2, 0.25) is 0 Å². The molecule has 0 aliphatic rings. The highest BCUT2D eigenvalue weighted by molar-refractivity contribution is 9.08. The number of nitrogens with zero attached hydrogens (tertiary/aromatic N) is 1. The molecule has 102 valence electrons. The molecule has 0 radical (unpaired) electrons. The number of carbonyl (C=O) groups is 1. The lowest BCUT2D eigenvalue weighted by atomic mass is 10.1. The van der Waals surface area contributed by atoms with Gasteiger partial charge in [0.1, 0.15) is 11.4 Å². The van der Waals surface area contributed by atoms with Crippen LogP contribution >= 0.6 is 15.9 Å². The van der Waals surface area contributed by atoms with Crippen LogP contribution in [0.1, 0.15) is 26.3 Å². The second-order valence-corrected chi connectivity index (χ2v) is 5.83.